The van der Waals surface area contributed by atoms with Crippen LogP contribution in [0.2, 0.25) is 5.02 Å². The Balaban J connectivity index is 1.41. The summed E-state index contributed by atoms with van der Waals surface area (Å²) in [7, 11) is 0. The molecule has 2 aliphatic rings. The lowest BCUT2D eigenvalue weighted by Gasteiger charge is -2.34. The molecule has 1 aromatic heterocycles. The Labute approximate surface area is 185 Å². The molecule has 2 saturated heterocycles. The van der Waals surface area contributed by atoms with E-state index in [2.05, 4.69) is 10.3 Å². The van der Waals surface area contributed by atoms with Crippen molar-refractivity contribution in [2.24, 2.45) is 5.41 Å². The zero-order valence-electron chi connectivity index (χ0n) is 16.9. The monoisotopic (exact) mass is 436 g/mol. The second kappa shape index (κ2) is 8.06. The van der Waals surface area contributed by atoms with Crippen LogP contribution in [-0.4, -0.2) is 23.1 Å². The van der Waals surface area contributed by atoms with Crippen LogP contribution in [0.4, 0.5) is 10.1 Å². The molecule has 0 radical (unpaired) electrons. The van der Waals surface area contributed by atoms with E-state index in [9.17, 15) is 9.18 Å². The van der Waals surface area contributed by atoms with Gasteiger partial charge < -0.3 is 10.1 Å². The van der Waals surface area contributed by atoms with Crippen molar-refractivity contribution >= 4 is 23.2 Å². The number of carbonyl (C=O) groups is 1. The first-order chi connectivity index (χ1) is 15.0. The van der Waals surface area contributed by atoms with E-state index in [1.54, 1.807) is 42.7 Å². The van der Waals surface area contributed by atoms with Gasteiger partial charge in [0.25, 0.3) is 0 Å². The number of benzene rings is 2. The van der Waals surface area contributed by atoms with Crippen molar-refractivity contribution in [3.63, 3.8) is 0 Å². The van der Waals surface area contributed by atoms with Gasteiger partial charge in [-0.05, 0) is 67.6 Å². The summed E-state index contributed by atoms with van der Waals surface area (Å²) in [5.74, 6) is -0.556. The molecule has 3 heterocycles. The molecule has 2 aromatic carbocycles. The van der Waals surface area contributed by atoms with E-state index < -0.39 is 11.2 Å². The Morgan fingerprint density at radius 2 is 1.94 bits per heavy atom. The van der Waals surface area contributed by atoms with E-state index in [0.29, 0.717) is 34.7 Å². The Bertz CT molecular complexity index is 1120. The molecular weight excluding hydrogens is 415 g/mol. The van der Waals surface area contributed by atoms with Crippen molar-refractivity contribution in [3.05, 3.63) is 83.4 Å². The topological polar surface area (TPSA) is 51.2 Å². The number of anilines is 1. The van der Waals surface area contributed by atoms with Crippen molar-refractivity contribution < 1.29 is 13.9 Å². The first-order valence-electron chi connectivity index (χ1n) is 10.5. The predicted molar refractivity (Wildman–Crippen MR) is 118 cm³/mol. The molecule has 4 nitrogen and oxygen atoms in total. The molecular formula is C25H22ClFN2O2. The van der Waals surface area contributed by atoms with Crippen LogP contribution in [0.1, 0.15) is 24.8 Å². The zero-order chi connectivity index (χ0) is 21.4. The third-order valence-corrected chi connectivity index (χ3v) is 6.76. The number of nitrogens with one attached hydrogen (secondary N) is 1. The third-order valence-electron chi connectivity index (χ3n) is 6.43. The fraction of sp³-hybridized carbons (Fsp3) is 0.280. The summed E-state index contributed by atoms with van der Waals surface area (Å²) >= 11 is 6.22. The van der Waals surface area contributed by atoms with Crippen LogP contribution in [0.3, 0.4) is 0 Å². The molecule has 0 saturated carbocycles. The number of hydrogen-bond donors (Lipinski definition) is 1. The molecule has 158 valence electrons. The number of carbonyl (C=O) groups excluding carboxylic acids is 1. The molecule has 0 spiro atoms. The maximum Gasteiger partial charge on any atom is 0.233 e. The van der Waals surface area contributed by atoms with Gasteiger partial charge in [-0.2, -0.15) is 0 Å². The number of pyridine rings is 1. The Morgan fingerprint density at radius 3 is 2.61 bits per heavy atom. The highest BCUT2D eigenvalue weighted by Crippen LogP contribution is 2.50. The number of nitrogens with zero attached hydrogens (tertiary/aromatic N) is 1. The van der Waals surface area contributed by atoms with Gasteiger partial charge in [0.2, 0.25) is 5.91 Å². The highest BCUT2D eigenvalue weighted by atomic mass is 35.5. The minimum Gasteiger partial charge on any atom is -0.374 e. The van der Waals surface area contributed by atoms with Crippen LogP contribution in [0.5, 0.6) is 0 Å². The number of ether oxygens (including phenoxy) is 1. The summed E-state index contributed by atoms with van der Waals surface area (Å²) < 4.78 is 21.0. The highest BCUT2D eigenvalue weighted by molar-refractivity contribution is 6.33. The quantitative estimate of drug-likeness (QED) is 0.561. The average Bonchev–Trinajstić information content (AvgIpc) is 3.37. The average molecular weight is 437 g/mol. The van der Waals surface area contributed by atoms with Gasteiger partial charge in [-0.15, -0.1) is 0 Å². The lowest BCUT2D eigenvalue weighted by atomic mass is 9.69. The van der Waals surface area contributed by atoms with E-state index in [4.69, 9.17) is 16.3 Å². The SMILES string of the molecule is O=C(Nc1ccc(-c2ccccc2Cl)c(F)c1)[C@@]1(Cc2ccncc2)C[C@@H]2CC[C@H]1O2. The molecule has 2 aliphatic heterocycles. The van der Waals surface area contributed by atoms with Gasteiger partial charge >= 0.3 is 0 Å². The Kier molecular flexibility index (Phi) is 5.24. The molecule has 31 heavy (non-hydrogen) atoms. The molecule has 0 aliphatic carbocycles. The first kappa shape index (κ1) is 20.2. The minimum atomic E-state index is -0.665. The van der Waals surface area contributed by atoms with E-state index in [-0.39, 0.29) is 18.1 Å². The van der Waals surface area contributed by atoms with E-state index >= 15 is 0 Å². The summed E-state index contributed by atoms with van der Waals surface area (Å²) in [6.07, 6.45) is 6.54. The summed E-state index contributed by atoms with van der Waals surface area (Å²) in [5, 5.41) is 3.44. The number of amides is 1. The van der Waals surface area contributed by atoms with Crippen LogP contribution < -0.4 is 5.32 Å². The van der Waals surface area contributed by atoms with E-state index in [0.717, 1.165) is 18.4 Å². The fourth-order valence-corrected chi connectivity index (χ4v) is 5.15. The normalized spacial score (nSPS) is 24.3. The number of hydrogen-bond acceptors (Lipinski definition) is 3. The smallest absolute Gasteiger partial charge is 0.233 e. The van der Waals surface area contributed by atoms with Gasteiger partial charge in [0.1, 0.15) is 5.82 Å². The van der Waals surface area contributed by atoms with Crippen LogP contribution in [0.15, 0.2) is 67.0 Å². The Hall–Kier alpha value is -2.76. The van der Waals surface area contributed by atoms with Gasteiger partial charge in [-0.25, -0.2) is 4.39 Å². The molecule has 0 unspecified atom stereocenters. The molecule has 6 heteroatoms. The largest absolute Gasteiger partial charge is 0.374 e. The van der Waals surface area contributed by atoms with Crippen LogP contribution in [0, 0.1) is 11.2 Å². The number of aromatic nitrogens is 1. The third kappa shape index (κ3) is 3.73. The summed E-state index contributed by atoms with van der Waals surface area (Å²) in [6.45, 7) is 0. The van der Waals surface area contributed by atoms with E-state index in [1.807, 2.05) is 18.2 Å². The van der Waals surface area contributed by atoms with Crippen molar-refractivity contribution in [2.45, 2.75) is 37.9 Å². The number of rotatable bonds is 5. The van der Waals surface area contributed by atoms with Gasteiger partial charge in [-0.1, -0.05) is 29.8 Å². The lowest BCUT2D eigenvalue weighted by molar-refractivity contribution is -0.128. The second-order valence-electron chi connectivity index (χ2n) is 8.35. The summed E-state index contributed by atoms with van der Waals surface area (Å²) in [5.41, 5.74) is 1.83. The number of halogens is 2. The predicted octanol–water partition coefficient (Wildman–Crippen LogP) is 5.66. The summed E-state index contributed by atoms with van der Waals surface area (Å²) in [4.78, 5) is 17.6. The molecule has 2 fully saturated rings. The van der Waals surface area contributed by atoms with Gasteiger partial charge in [0.15, 0.2) is 0 Å². The molecule has 2 bridgehead atoms. The Morgan fingerprint density at radius 1 is 1.13 bits per heavy atom. The van der Waals surface area contributed by atoms with Crippen LogP contribution >= 0.6 is 11.6 Å². The molecule has 5 rings (SSSR count). The standard InChI is InChI=1S/C25H22ClFN2O2/c26-21-4-2-1-3-19(21)20-7-5-17(13-22(20)27)29-24(30)25(14-16-9-11-28-12-10-16)15-18-6-8-23(25)31-18/h1-5,7,9-13,18,23H,6,8,14-15H2,(H,29,30)/t18-,23+,25-/m0/s1. The van der Waals surface area contributed by atoms with Crippen molar-refractivity contribution in [2.75, 3.05) is 5.32 Å². The van der Waals surface area contributed by atoms with Crippen LogP contribution in [-0.2, 0) is 16.0 Å². The fourth-order valence-electron chi connectivity index (χ4n) is 4.92. The van der Waals surface area contributed by atoms with Gasteiger partial charge in [-0.3, -0.25) is 9.78 Å². The zero-order valence-corrected chi connectivity index (χ0v) is 17.6. The minimum absolute atomic E-state index is 0.108. The molecule has 1 amide bonds. The molecule has 1 N–H and O–H groups in total. The first-order valence-corrected chi connectivity index (χ1v) is 10.8. The number of fused-ring (bicyclic) bond motifs is 2. The van der Waals surface area contributed by atoms with Gasteiger partial charge in [0, 0.05) is 34.2 Å². The van der Waals surface area contributed by atoms with Crippen molar-refractivity contribution in [1.82, 2.24) is 4.98 Å². The van der Waals surface area contributed by atoms with Gasteiger partial charge in [0.05, 0.1) is 17.6 Å². The highest BCUT2D eigenvalue weighted by Gasteiger charge is 2.56. The van der Waals surface area contributed by atoms with Crippen LogP contribution in [0.25, 0.3) is 11.1 Å². The second-order valence-corrected chi connectivity index (χ2v) is 8.75. The molecule has 3 atom stereocenters. The lowest BCUT2D eigenvalue weighted by Crippen LogP contribution is -2.45. The summed E-state index contributed by atoms with van der Waals surface area (Å²) in [6, 6.07) is 15.7. The molecule has 3 aromatic rings. The van der Waals surface area contributed by atoms with Crippen molar-refractivity contribution in [1.29, 1.82) is 0 Å². The maximum absolute atomic E-state index is 14.9. The van der Waals surface area contributed by atoms with E-state index in [1.165, 1.54) is 6.07 Å². The maximum atomic E-state index is 14.9. The van der Waals surface area contributed by atoms with Crippen molar-refractivity contribution in [3.8, 4) is 11.1 Å².